The van der Waals surface area contributed by atoms with Crippen LogP contribution in [-0.2, 0) is 6.18 Å². The van der Waals surface area contributed by atoms with Gasteiger partial charge in [-0.05, 0) is 37.3 Å². The number of rotatable bonds is 1. The van der Waals surface area contributed by atoms with Crippen molar-refractivity contribution in [3.8, 4) is 0 Å². The van der Waals surface area contributed by atoms with E-state index in [0.717, 1.165) is 24.3 Å². The first-order valence-electron chi connectivity index (χ1n) is 7.35. The number of benzene rings is 2. The molecule has 0 N–H and O–H groups in total. The van der Waals surface area contributed by atoms with Crippen molar-refractivity contribution >= 4 is 23.2 Å². The van der Waals surface area contributed by atoms with E-state index in [9.17, 15) is 22.0 Å². The normalized spacial score (nSPS) is 17.8. The van der Waals surface area contributed by atoms with Crippen LogP contribution < -0.4 is 4.42 Å². The molecule has 0 aliphatic carbocycles. The standard InChI is InChI=1S/C17H12ClF5N2/c1-9-8-25(18)14-6-5-10(17(21,22)23)7-11(14)16(24-9)15-12(19)3-2-4-13(15)20/h2-7,9H,8H2,1H3. The molecular formula is C17H12ClF5N2. The van der Waals surface area contributed by atoms with Crippen LogP contribution in [0.3, 0.4) is 0 Å². The summed E-state index contributed by atoms with van der Waals surface area (Å²) in [5.41, 5.74) is -1.47. The zero-order valence-corrected chi connectivity index (χ0v) is 13.7. The van der Waals surface area contributed by atoms with Gasteiger partial charge in [0.05, 0.1) is 35.1 Å². The van der Waals surface area contributed by atoms with Crippen LogP contribution in [0.5, 0.6) is 0 Å². The summed E-state index contributed by atoms with van der Waals surface area (Å²) in [5.74, 6) is -1.81. The van der Waals surface area contributed by atoms with Gasteiger partial charge >= 0.3 is 6.18 Å². The van der Waals surface area contributed by atoms with Crippen LogP contribution in [-0.4, -0.2) is 18.3 Å². The fraction of sp³-hybridized carbons (Fsp3) is 0.235. The molecule has 0 fully saturated rings. The summed E-state index contributed by atoms with van der Waals surface area (Å²) < 4.78 is 68.9. The summed E-state index contributed by atoms with van der Waals surface area (Å²) in [7, 11) is 0. The van der Waals surface area contributed by atoms with Gasteiger partial charge in [-0.15, -0.1) is 0 Å². The van der Waals surface area contributed by atoms with Crippen molar-refractivity contribution in [2.24, 2.45) is 4.99 Å². The van der Waals surface area contributed by atoms with E-state index in [4.69, 9.17) is 11.8 Å². The second-order valence-corrected chi connectivity index (χ2v) is 6.11. The highest BCUT2D eigenvalue weighted by molar-refractivity contribution is 6.28. The second-order valence-electron chi connectivity index (χ2n) is 5.70. The third kappa shape index (κ3) is 3.33. The number of anilines is 1. The van der Waals surface area contributed by atoms with Crippen molar-refractivity contribution in [2.75, 3.05) is 11.0 Å². The highest BCUT2D eigenvalue weighted by Gasteiger charge is 2.33. The van der Waals surface area contributed by atoms with E-state index in [1.165, 1.54) is 16.6 Å². The van der Waals surface area contributed by atoms with Gasteiger partial charge in [0.2, 0.25) is 0 Å². The average Bonchev–Trinajstić information content (AvgIpc) is 2.63. The van der Waals surface area contributed by atoms with E-state index in [0.29, 0.717) is 0 Å². The lowest BCUT2D eigenvalue weighted by molar-refractivity contribution is -0.137. The Labute approximate surface area is 145 Å². The number of nitrogens with zero attached hydrogens (tertiary/aromatic N) is 2. The van der Waals surface area contributed by atoms with Gasteiger partial charge in [0.15, 0.2) is 0 Å². The molecule has 0 saturated carbocycles. The van der Waals surface area contributed by atoms with E-state index < -0.39 is 35.0 Å². The van der Waals surface area contributed by atoms with E-state index in [1.54, 1.807) is 6.92 Å². The third-order valence-corrected chi connectivity index (χ3v) is 4.13. The zero-order valence-electron chi connectivity index (χ0n) is 12.9. The first-order chi connectivity index (χ1) is 11.7. The van der Waals surface area contributed by atoms with E-state index in [2.05, 4.69) is 4.99 Å². The van der Waals surface area contributed by atoms with E-state index in [1.807, 2.05) is 0 Å². The second kappa shape index (κ2) is 6.29. The van der Waals surface area contributed by atoms with Crippen LogP contribution in [0.25, 0.3) is 0 Å². The molecule has 1 aliphatic rings. The fourth-order valence-electron chi connectivity index (χ4n) is 2.70. The van der Waals surface area contributed by atoms with Gasteiger partial charge in [-0.3, -0.25) is 9.41 Å². The molecule has 132 valence electrons. The minimum atomic E-state index is -4.61. The maximum Gasteiger partial charge on any atom is 0.416 e. The Morgan fingerprint density at radius 1 is 1.12 bits per heavy atom. The van der Waals surface area contributed by atoms with Gasteiger partial charge in [0, 0.05) is 17.3 Å². The zero-order chi connectivity index (χ0) is 18.4. The fourth-order valence-corrected chi connectivity index (χ4v) is 3.05. The highest BCUT2D eigenvalue weighted by Crippen LogP contribution is 2.36. The van der Waals surface area contributed by atoms with Crippen molar-refractivity contribution in [3.05, 3.63) is 64.7 Å². The average molecular weight is 375 g/mol. The Hall–Kier alpha value is -2.15. The van der Waals surface area contributed by atoms with Crippen molar-refractivity contribution in [1.29, 1.82) is 0 Å². The topological polar surface area (TPSA) is 15.6 Å². The molecule has 1 aliphatic heterocycles. The molecular weight excluding hydrogens is 363 g/mol. The monoisotopic (exact) mass is 374 g/mol. The predicted molar refractivity (Wildman–Crippen MR) is 86.1 cm³/mol. The van der Waals surface area contributed by atoms with Crippen LogP contribution in [0.2, 0.25) is 0 Å². The number of hydrogen-bond acceptors (Lipinski definition) is 2. The Balaban J connectivity index is 2.30. The van der Waals surface area contributed by atoms with Gasteiger partial charge in [-0.25, -0.2) is 8.78 Å². The predicted octanol–water partition coefficient (Wildman–Crippen LogP) is 5.18. The molecule has 8 heteroatoms. The largest absolute Gasteiger partial charge is 0.416 e. The van der Waals surface area contributed by atoms with Crippen LogP contribution in [0.15, 0.2) is 41.4 Å². The van der Waals surface area contributed by atoms with Crippen LogP contribution in [0.4, 0.5) is 27.6 Å². The molecule has 3 rings (SSSR count). The highest BCUT2D eigenvalue weighted by atomic mass is 35.5. The molecule has 2 aromatic carbocycles. The maximum absolute atomic E-state index is 14.2. The first-order valence-corrected chi connectivity index (χ1v) is 7.69. The molecule has 0 aromatic heterocycles. The Kier molecular flexibility index (Phi) is 4.45. The molecule has 2 aromatic rings. The number of benzodiazepines with no additional fused rings is 1. The van der Waals surface area contributed by atoms with Gasteiger partial charge in [-0.1, -0.05) is 6.07 Å². The van der Waals surface area contributed by atoms with Crippen molar-refractivity contribution in [3.63, 3.8) is 0 Å². The number of hydrogen-bond donors (Lipinski definition) is 0. The molecule has 1 heterocycles. The van der Waals surface area contributed by atoms with Gasteiger partial charge in [-0.2, -0.15) is 13.2 Å². The van der Waals surface area contributed by atoms with Gasteiger partial charge in [0.25, 0.3) is 0 Å². The molecule has 0 bridgehead atoms. The minimum absolute atomic E-state index is 0.0711. The van der Waals surface area contributed by atoms with Crippen molar-refractivity contribution in [1.82, 2.24) is 0 Å². The smallest absolute Gasteiger partial charge is 0.282 e. The summed E-state index contributed by atoms with van der Waals surface area (Å²) in [5, 5.41) is 0. The maximum atomic E-state index is 14.2. The summed E-state index contributed by atoms with van der Waals surface area (Å²) in [6, 6.07) is 5.62. The first kappa shape index (κ1) is 17.7. The molecule has 0 radical (unpaired) electrons. The number of alkyl halides is 3. The molecule has 1 unspecified atom stereocenters. The van der Waals surface area contributed by atoms with Crippen LogP contribution in [0, 0.1) is 11.6 Å². The Morgan fingerprint density at radius 3 is 2.36 bits per heavy atom. The number of halogens is 6. The van der Waals surface area contributed by atoms with Crippen LogP contribution >= 0.6 is 11.8 Å². The van der Waals surface area contributed by atoms with Crippen LogP contribution in [0.1, 0.15) is 23.6 Å². The summed E-state index contributed by atoms with van der Waals surface area (Å²) in [4.78, 5) is 4.23. The Bertz CT molecular complexity index is 827. The minimum Gasteiger partial charge on any atom is -0.282 e. The van der Waals surface area contributed by atoms with Crippen molar-refractivity contribution < 1.29 is 22.0 Å². The lowest BCUT2D eigenvalue weighted by atomic mass is 9.97. The van der Waals surface area contributed by atoms with E-state index >= 15 is 0 Å². The lowest BCUT2D eigenvalue weighted by Crippen LogP contribution is -2.20. The quantitative estimate of drug-likeness (QED) is 0.496. The number of aliphatic imine (C=N–C) groups is 1. The van der Waals surface area contributed by atoms with E-state index in [-0.39, 0.29) is 23.5 Å². The molecule has 0 spiro atoms. The number of fused-ring (bicyclic) bond motifs is 1. The molecule has 0 amide bonds. The lowest BCUT2D eigenvalue weighted by Gasteiger charge is -2.19. The molecule has 25 heavy (non-hydrogen) atoms. The van der Waals surface area contributed by atoms with Crippen molar-refractivity contribution in [2.45, 2.75) is 19.1 Å². The van der Waals surface area contributed by atoms with Gasteiger partial charge < -0.3 is 0 Å². The Morgan fingerprint density at radius 2 is 1.76 bits per heavy atom. The van der Waals surface area contributed by atoms with Gasteiger partial charge in [0.1, 0.15) is 11.6 Å². The molecule has 2 nitrogen and oxygen atoms in total. The molecule has 0 saturated heterocycles. The summed E-state index contributed by atoms with van der Waals surface area (Å²) >= 11 is 6.14. The SMILES string of the molecule is CC1CN(Cl)c2ccc(C(F)(F)F)cc2C(c2c(F)cccc2F)=N1. The molecule has 1 atom stereocenters. The third-order valence-electron chi connectivity index (χ3n) is 3.81. The summed E-state index contributed by atoms with van der Waals surface area (Å²) in [6.45, 7) is 1.84. The summed E-state index contributed by atoms with van der Waals surface area (Å²) in [6.07, 6.45) is -4.61.